The van der Waals surface area contributed by atoms with Gasteiger partial charge in [0.1, 0.15) is 23.7 Å². The zero-order valence-electron chi connectivity index (χ0n) is 19.2. The number of aromatic nitrogens is 3. The van der Waals surface area contributed by atoms with E-state index in [0.29, 0.717) is 5.57 Å². The Bertz CT molecular complexity index is 1310. The number of anilines is 1. The van der Waals surface area contributed by atoms with Crippen LogP contribution in [0.2, 0.25) is 0 Å². The van der Waals surface area contributed by atoms with Crippen LogP contribution in [0.25, 0.3) is 0 Å². The Morgan fingerprint density at radius 2 is 2.08 bits per heavy atom. The van der Waals surface area contributed by atoms with E-state index in [-0.39, 0.29) is 46.8 Å². The van der Waals surface area contributed by atoms with Crippen LogP contribution in [-0.4, -0.2) is 77.7 Å². The molecule has 4 rings (SSSR count). The molecule has 0 aliphatic carbocycles. The highest BCUT2D eigenvalue weighted by Gasteiger charge is 2.54. The van der Waals surface area contributed by atoms with Gasteiger partial charge in [0.15, 0.2) is 24.1 Å². The van der Waals surface area contributed by atoms with Crippen LogP contribution in [0, 0.1) is 0 Å². The summed E-state index contributed by atoms with van der Waals surface area (Å²) >= 11 is 2.16. The van der Waals surface area contributed by atoms with Crippen LogP contribution in [-0.2, 0) is 25.8 Å². The highest BCUT2D eigenvalue weighted by molar-refractivity contribution is 8.00. The number of nitrogens with one attached hydrogen (secondary N) is 2. The van der Waals surface area contributed by atoms with Crippen molar-refractivity contribution in [3.63, 3.8) is 0 Å². The number of carboxylic acid groups (broad SMARTS) is 1. The maximum absolute atomic E-state index is 13.0. The fourth-order valence-electron chi connectivity index (χ4n) is 3.66. The molecule has 2 aliphatic heterocycles. The maximum Gasteiger partial charge on any atom is 0.352 e. The zero-order chi connectivity index (χ0) is 26.7. The van der Waals surface area contributed by atoms with Gasteiger partial charge in [0, 0.05) is 35.0 Å². The van der Waals surface area contributed by atoms with Gasteiger partial charge in [-0.15, -0.1) is 11.8 Å². The number of hydroxylamine groups is 1. The van der Waals surface area contributed by atoms with E-state index < -0.39 is 35.1 Å². The predicted octanol–water partition coefficient (Wildman–Crippen LogP) is -1.29. The van der Waals surface area contributed by atoms with E-state index in [9.17, 15) is 24.3 Å². The minimum atomic E-state index is -1.28. The molecule has 0 bridgehead atoms. The number of hydrogen-bond donors (Lipinski definition) is 5. The second kappa shape index (κ2) is 10.9. The molecule has 1 fully saturated rings. The number of carbonyl (C=O) groups excluding carboxylic acids is 3. The summed E-state index contributed by atoms with van der Waals surface area (Å²) in [6.07, 6.45) is 3.10. The highest BCUT2D eigenvalue weighted by Crippen LogP contribution is 2.40. The number of pyridine rings is 1. The first-order valence-electron chi connectivity index (χ1n) is 10.7. The van der Waals surface area contributed by atoms with Crippen molar-refractivity contribution >= 4 is 57.8 Å². The number of nitrogen functional groups attached to an aromatic ring is 1. The fourth-order valence-corrected chi connectivity index (χ4v) is 5.43. The van der Waals surface area contributed by atoms with E-state index in [1.807, 2.05) is 0 Å². The van der Waals surface area contributed by atoms with Gasteiger partial charge < -0.3 is 21.0 Å². The lowest BCUT2D eigenvalue weighted by Gasteiger charge is -2.49. The third kappa shape index (κ3) is 5.23. The summed E-state index contributed by atoms with van der Waals surface area (Å²) in [7, 11) is 0. The van der Waals surface area contributed by atoms with Crippen LogP contribution in [0.4, 0.5) is 5.13 Å². The fraction of sp³-hybridized carbons (Fsp3) is 0.300. The molecule has 17 heteroatoms. The van der Waals surface area contributed by atoms with Gasteiger partial charge in [-0.2, -0.15) is 9.36 Å². The first-order valence-corrected chi connectivity index (χ1v) is 12.5. The van der Waals surface area contributed by atoms with Crippen molar-refractivity contribution in [3.8, 4) is 0 Å². The number of thioether (sulfide) groups is 1. The first-order chi connectivity index (χ1) is 17.7. The van der Waals surface area contributed by atoms with Gasteiger partial charge in [-0.3, -0.25) is 24.5 Å². The lowest BCUT2D eigenvalue weighted by atomic mass is 10.0. The van der Waals surface area contributed by atoms with E-state index in [0.717, 1.165) is 16.4 Å². The third-order valence-electron chi connectivity index (χ3n) is 5.32. The van der Waals surface area contributed by atoms with E-state index >= 15 is 0 Å². The Kier molecular flexibility index (Phi) is 7.65. The normalized spacial score (nSPS) is 19.1. The van der Waals surface area contributed by atoms with Crippen LogP contribution >= 0.6 is 23.3 Å². The minimum Gasteiger partial charge on any atom is -0.477 e. The second-order valence-corrected chi connectivity index (χ2v) is 9.52. The quantitative estimate of drug-likeness (QED) is 0.0815. The number of nitrogens with zero attached hydrogens (tertiary/aromatic N) is 5. The molecule has 0 aromatic carbocycles. The van der Waals surface area contributed by atoms with Gasteiger partial charge in [0.25, 0.3) is 17.7 Å². The second-order valence-electron chi connectivity index (χ2n) is 7.63. The SMILES string of the molecule is CCON=C(C(=O)NC1C(=O)N2C(C(=O)O)=C(C[n+]3ccc(C(=O)NO)cc3)CS[C@H]12)c1nsc(N)n1. The van der Waals surface area contributed by atoms with Crippen molar-refractivity contribution in [2.75, 3.05) is 18.1 Å². The largest absolute Gasteiger partial charge is 0.477 e. The van der Waals surface area contributed by atoms with E-state index in [4.69, 9.17) is 15.8 Å². The molecule has 2 aromatic heterocycles. The van der Waals surface area contributed by atoms with Gasteiger partial charge in [-0.05, 0) is 6.92 Å². The Labute approximate surface area is 217 Å². The summed E-state index contributed by atoms with van der Waals surface area (Å²) in [4.78, 5) is 59.6. The standard InChI is InChI=1S/C20H20N8O7S2/c1-2-35-25-11(14-23-20(21)37-26-14)16(30)22-12-17(31)28-13(19(32)33)10(8-36-18(12)28)7-27-5-3-9(4-6-27)15(29)24-34/h3-6,12,18H,2,7-8H2,1H3,(H5-,21,22,23,24,25,26,29,30,32,33,34)/p+1/t12?,18-/m1/s1. The average Bonchev–Trinajstić information content (AvgIpc) is 3.32. The molecular formula is C20H21N8O7S2+. The minimum absolute atomic E-state index is 0.0544. The molecular weight excluding hydrogens is 528 g/mol. The smallest absolute Gasteiger partial charge is 0.352 e. The van der Waals surface area contributed by atoms with Crippen molar-refractivity contribution in [3.05, 3.63) is 47.2 Å². The number of nitrogens with two attached hydrogens (primary N) is 1. The number of carboxylic acids is 1. The van der Waals surface area contributed by atoms with Crippen LogP contribution in [0.1, 0.15) is 23.1 Å². The average molecular weight is 550 g/mol. The molecule has 37 heavy (non-hydrogen) atoms. The monoisotopic (exact) mass is 549 g/mol. The Balaban J connectivity index is 1.51. The molecule has 4 heterocycles. The van der Waals surface area contributed by atoms with Crippen molar-refractivity contribution in [2.24, 2.45) is 5.16 Å². The number of β-lactam (4-membered cyclic amide) rings is 1. The Morgan fingerprint density at radius 1 is 1.35 bits per heavy atom. The number of rotatable bonds is 9. The van der Waals surface area contributed by atoms with Crippen molar-refractivity contribution in [1.29, 1.82) is 0 Å². The first kappa shape index (κ1) is 26.0. The van der Waals surface area contributed by atoms with Crippen molar-refractivity contribution in [2.45, 2.75) is 24.9 Å². The van der Waals surface area contributed by atoms with E-state index in [1.165, 1.54) is 29.4 Å². The van der Waals surface area contributed by atoms with Crippen LogP contribution < -0.4 is 21.1 Å². The van der Waals surface area contributed by atoms with Crippen LogP contribution in [0.5, 0.6) is 0 Å². The number of aliphatic carboxylic acids is 1. The Hall–Kier alpha value is -4.09. The number of fused-ring (bicyclic) bond motifs is 1. The zero-order valence-corrected chi connectivity index (χ0v) is 20.8. The molecule has 194 valence electrons. The highest BCUT2D eigenvalue weighted by atomic mass is 32.2. The van der Waals surface area contributed by atoms with E-state index in [2.05, 4.69) is 19.8 Å². The van der Waals surface area contributed by atoms with Crippen LogP contribution in [0.3, 0.4) is 0 Å². The number of oxime groups is 1. The molecule has 0 spiro atoms. The molecule has 1 unspecified atom stereocenters. The van der Waals surface area contributed by atoms with Gasteiger partial charge >= 0.3 is 5.97 Å². The number of amides is 3. The van der Waals surface area contributed by atoms with Gasteiger partial charge in [-0.1, -0.05) is 5.16 Å². The summed E-state index contributed by atoms with van der Waals surface area (Å²) in [5, 5.41) is 24.4. The maximum atomic E-state index is 13.0. The topological polar surface area (TPSA) is 213 Å². The third-order valence-corrected chi connectivity index (χ3v) is 7.20. The van der Waals surface area contributed by atoms with Gasteiger partial charge in [0.05, 0.1) is 5.56 Å². The molecule has 1 saturated heterocycles. The van der Waals surface area contributed by atoms with E-state index in [1.54, 1.807) is 23.9 Å². The summed E-state index contributed by atoms with van der Waals surface area (Å²) < 4.78 is 5.60. The summed E-state index contributed by atoms with van der Waals surface area (Å²) in [6.45, 7) is 1.99. The molecule has 6 N–H and O–H groups in total. The molecule has 2 aromatic rings. The van der Waals surface area contributed by atoms with Crippen molar-refractivity contribution < 1.29 is 38.9 Å². The molecule has 3 amide bonds. The summed E-state index contributed by atoms with van der Waals surface area (Å²) in [5.74, 6) is -3.10. The predicted molar refractivity (Wildman–Crippen MR) is 128 cm³/mol. The molecule has 2 atom stereocenters. The number of carbonyl (C=O) groups is 4. The lowest BCUT2D eigenvalue weighted by molar-refractivity contribution is -0.689. The lowest BCUT2D eigenvalue weighted by Crippen LogP contribution is -2.71. The molecule has 2 aliphatic rings. The van der Waals surface area contributed by atoms with Gasteiger partial charge in [0.2, 0.25) is 11.5 Å². The number of hydrogen-bond acceptors (Lipinski definition) is 12. The molecule has 0 saturated carbocycles. The van der Waals surface area contributed by atoms with Crippen LogP contribution in [0.15, 0.2) is 41.0 Å². The van der Waals surface area contributed by atoms with Gasteiger partial charge in [-0.25, -0.2) is 14.8 Å². The summed E-state index contributed by atoms with van der Waals surface area (Å²) in [5.41, 5.74) is 7.39. The Morgan fingerprint density at radius 3 is 2.68 bits per heavy atom. The van der Waals surface area contributed by atoms with Crippen molar-refractivity contribution in [1.82, 2.24) is 25.1 Å². The molecule has 0 radical (unpaired) electrons. The molecule has 15 nitrogen and oxygen atoms in total. The summed E-state index contributed by atoms with van der Waals surface area (Å²) in [6, 6.07) is 1.91.